The Kier molecular flexibility index (Phi) is 5.20. The first-order chi connectivity index (χ1) is 9.66. The highest BCUT2D eigenvalue weighted by molar-refractivity contribution is 7.13. The number of hydrogen-bond donors (Lipinski definition) is 1. The summed E-state index contributed by atoms with van der Waals surface area (Å²) in [4.78, 5) is 22.4. The van der Waals surface area contributed by atoms with Gasteiger partial charge in [0, 0.05) is 29.9 Å². The van der Waals surface area contributed by atoms with Crippen LogP contribution in [0.4, 0.5) is 0 Å². The molecule has 0 aliphatic heterocycles. The van der Waals surface area contributed by atoms with Gasteiger partial charge in [0.2, 0.25) is 0 Å². The molecule has 0 spiro atoms. The van der Waals surface area contributed by atoms with E-state index in [2.05, 4.69) is 20.2 Å². The van der Waals surface area contributed by atoms with Crippen LogP contribution in [0.3, 0.4) is 0 Å². The molecule has 5 nitrogen and oxygen atoms in total. The molecular weight excluding hydrogens is 272 g/mol. The van der Waals surface area contributed by atoms with E-state index in [9.17, 15) is 4.79 Å². The van der Waals surface area contributed by atoms with Crippen LogP contribution in [-0.2, 0) is 0 Å². The predicted molar refractivity (Wildman–Crippen MR) is 80.8 cm³/mol. The minimum atomic E-state index is -0.111. The zero-order valence-electron chi connectivity index (χ0n) is 11.7. The van der Waals surface area contributed by atoms with Crippen LogP contribution in [0.15, 0.2) is 29.9 Å². The summed E-state index contributed by atoms with van der Waals surface area (Å²) in [6, 6.07) is 3.77. The summed E-state index contributed by atoms with van der Waals surface area (Å²) in [5.41, 5.74) is 1.46. The van der Waals surface area contributed by atoms with Gasteiger partial charge >= 0.3 is 0 Å². The molecule has 0 aliphatic carbocycles. The molecule has 2 aromatic rings. The number of hydrogen-bond acceptors (Lipinski definition) is 5. The fourth-order valence-corrected chi connectivity index (χ4v) is 2.50. The Bertz CT molecular complexity index is 553. The van der Waals surface area contributed by atoms with Crippen LogP contribution in [0.5, 0.6) is 0 Å². The van der Waals surface area contributed by atoms with E-state index in [-0.39, 0.29) is 5.91 Å². The lowest BCUT2D eigenvalue weighted by atomic mass is 10.3. The van der Waals surface area contributed by atoms with E-state index in [1.54, 1.807) is 17.8 Å². The number of thiazole rings is 1. The van der Waals surface area contributed by atoms with Crippen LogP contribution in [0.2, 0.25) is 0 Å². The number of rotatable bonds is 6. The van der Waals surface area contributed by atoms with E-state index in [1.807, 2.05) is 26.2 Å². The molecule has 1 amide bonds. The third kappa shape index (κ3) is 4.11. The molecule has 0 aliphatic rings. The highest BCUT2D eigenvalue weighted by Crippen LogP contribution is 2.22. The molecule has 106 valence electrons. The van der Waals surface area contributed by atoms with Gasteiger partial charge in [-0.2, -0.15) is 0 Å². The highest BCUT2D eigenvalue weighted by Gasteiger charge is 2.11. The Hall–Kier alpha value is -1.79. The van der Waals surface area contributed by atoms with Crippen molar-refractivity contribution in [2.45, 2.75) is 6.42 Å². The zero-order valence-corrected chi connectivity index (χ0v) is 12.5. The van der Waals surface area contributed by atoms with Crippen molar-refractivity contribution in [1.82, 2.24) is 20.2 Å². The van der Waals surface area contributed by atoms with Gasteiger partial charge in [0.25, 0.3) is 5.91 Å². The van der Waals surface area contributed by atoms with Gasteiger partial charge in [-0.3, -0.25) is 9.78 Å². The lowest BCUT2D eigenvalue weighted by Crippen LogP contribution is -2.27. The first-order valence-electron chi connectivity index (χ1n) is 6.45. The Morgan fingerprint density at radius 2 is 2.10 bits per heavy atom. The number of nitrogens with one attached hydrogen (secondary N) is 1. The summed E-state index contributed by atoms with van der Waals surface area (Å²) in [7, 11) is 4.03. The summed E-state index contributed by atoms with van der Waals surface area (Å²) in [6.07, 6.45) is 4.37. The highest BCUT2D eigenvalue weighted by atomic mass is 32.1. The molecule has 0 fully saturated rings. The SMILES string of the molecule is CN(C)CCCNC(=O)c1csc(-c2ccncc2)n1. The van der Waals surface area contributed by atoms with Gasteiger partial charge in [-0.05, 0) is 39.2 Å². The maximum atomic E-state index is 11.9. The molecule has 20 heavy (non-hydrogen) atoms. The first-order valence-corrected chi connectivity index (χ1v) is 7.33. The second-order valence-corrected chi connectivity index (χ2v) is 5.54. The topological polar surface area (TPSA) is 58.1 Å². The molecule has 2 aromatic heterocycles. The van der Waals surface area contributed by atoms with Gasteiger partial charge in [0.1, 0.15) is 10.7 Å². The Labute approximate surface area is 122 Å². The molecule has 0 bridgehead atoms. The monoisotopic (exact) mass is 290 g/mol. The molecular formula is C14H18N4OS. The van der Waals surface area contributed by atoms with Crippen LogP contribution in [0.25, 0.3) is 10.6 Å². The van der Waals surface area contributed by atoms with Crippen LogP contribution in [-0.4, -0.2) is 48.0 Å². The molecule has 6 heteroatoms. The van der Waals surface area contributed by atoms with Gasteiger partial charge in [-0.15, -0.1) is 11.3 Å². The molecule has 0 radical (unpaired) electrons. The van der Waals surface area contributed by atoms with Crippen molar-refractivity contribution in [2.24, 2.45) is 0 Å². The van der Waals surface area contributed by atoms with Crippen molar-refractivity contribution < 1.29 is 4.79 Å². The molecule has 2 rings (SSSR count). The molecule has 0 unspecified atom stereocenters. The average molecular weight is 290 g/mol. The van der Waals surface area contributed by atoms with Crippen molar-refractivity contribution in [3.8, 4) is 10.6 Å². The Morgan fingerprint density at radius 1 is 1.35 bits per heavy atom. The quantitative estimate of drug-likeness (QED) is 0.825. The number of aromatic nitrogens is 2. The smallest absolute Gasteiger partial charge is 0.270 e. The van der Waals surface area contributed by atoms with Crippen molar-refractivity contribution in [3.63, 3.8) is 0 Å². The standard InChI is InChI=1S/C14H18N4OS/c1-18(2)9-3-6-16-13(19)12-10-20-14(17-12)11-4-7-15-8-5-11/h4-5,7-8,10H,3,6,9H2,1-2H3,(H,16,19). The van der Waals surface area contributed by atoms with Gasteiger partial charge in [-0.25, -0.2) is 4.98 Å². The van der Waals surface area contributed by atoms with Crippen LogP contribution < -0.4 is 5.32 Å². The van der Waals surface area contributed by atoms with E-state index < -0.39 is 0 Å². The largest absolute Gasteiger partial charge is 0.351 e. The van der Waals surface area contributed by atoms with Crippen molar-refractivity contribution >= 4 is 17.2 Å². The van der Waals surface area contributed by atoms with E-state index in [1.165, 1.54) is 11.3 Å². The molecule has 0 atom stereocenters. The summed E-state index contributed by atoms with van der Waals surface area (Å²) in [6.45, 7) is 1.62. The first kappa shape index (κ1) is 14.6. The maximum absolute atomic E-state index is 11.9. The average Bonchev–Trinajstić information content (AvgIpc) is 2.94. The Balaban J connectivity index is 1.90. The molecule has 2 heterocycles. The number of carbonyl (C=O) groups excluding carboxylic acids is 1. The Morgan fingerprint density at radius 3 is 2.80 bits per heavy atom. The van der Waals surface area contributed by atoms with Crippen LogP contribution >= 0.6 is 11.3 Å². The maximum Gasteiger partial charge on any atom is 0.270 e. The van der Waals surface area contributed by atoms with E-state index in [0.717, 1.165) is 23.5 Å². The summed E-state index contributed by atoms with van der Waals surface area (Å²) < 4.78 is 0. The lowest BCUT2D eigenvalue weighted by molar-refractivity contribution is 0.0948. The van der Waals surface area contributed by atoms with Gasteiger partial charge in [0.15, 0.2) is 0 Å². The van der Waals surface area contributed by atoms with E-state index >= 15 is 0 Å². The predicted octanol–water partition coefficient (Wildman–Crippen LogP) is 1.89. The van der Waals surface area contributed by atoms with E-state index in [4.69, 9.17) is 0 Å². The van der Waals surface area contributed by atoms with E-state index in [0.29, 0.717) is 12.2 Å². The minimum Gasteiger partial charge on any atom is -0.351 e. The third-order valence-corrected chi connectivity index (χ3v) is 3.62. The van der Waals surface area contributed by atoms with Crippen molar-refractivity contribution in [1.29, 1.82) is 0 Å². The fraction of sp³-hybridized carbons (Fsp3) is 0.357. The summed E-state index contributed by atoms with van der Waals surface area (Å²) >= 11 is 1.47. The number of amides is 1. The lowest BCUT2D eigenvalue weighted by Gasteiger charge is -2.09. The van der Waals surface area contributed by atoms with Crippen LogP contribution in [0, 0.1) is 0 Å². The van der Waals surface area contributed by atoms with Crippen molar-refractivity contribution in [2.75, 3.05) is 27.2 Å². The second-order valence-electron chi connectivity index (χ2n) is 4.69. The van der Waals surface area contributed by atoms with Crippen LogP contribution in [0.1, 0.15) is 16.9 Å². The van der Waals surface area contributed by atoms with Gasteiger partial charge in [-0.1, -0.05) is 0 Å². The fourth-order valence-electron chi connectivity index (χ4n) is 1.69. The zero-order chi connectivity index (χ0) is 14.4. The normalized spacial score (nSPS) is 10.8. The minimum absolute atomic E-state index is 0.111. The molecule has 0 saturated heterocycles. The number of pyridine rings is 1. The van der Waals surface area contributed by atoms with Gasteiger partial charge < -0.3 is 10.2 Å². The molecule has 0 saturated carbocycles. The second kappa shape index (κ2) is 7.12. The number of carbonyl (C=O) groups is 1. The van der Waals surface area contributed by atoms with Crippen molar-refractivity contribution in [3.05, 3.63) is 35.6 Å². The molecule has 0 aromatic carbocycles. The van der Waals surface area contributed by atoms with Gasteiger partial charge in [0.05, 0.1) is 0 Å². The third-order valence-electron chi connectivity index (χ3n) is 2.73. The number of nitrogens with zero attached hydrogens (tertiary/aromatic N) is 3. The summed E-state index contributed by atoms with van der Waals surface area (Å²) in [5.74, 6) is -0.111. The summed E-state index contributed by atoms with van der Waals surface area (Å²) in [5, 5.41) is 5.51. The molecule has 1 N–H and O–H groups in total.